The van der Waals surface area contributed by atoms with Crippen LogP contribution in [0.3, 0.4) is 0 Å². The number of aliphatic hydroxyl groups is 1. The fourth-order valence-corrected chi connectivity index (χ4v) is 2.58. The molecule has 0 spiro atoms. The van der Waals surface area contributed by atoms with E-state index in [-0.39, 0.29) is 12.0 Å². The molecule has 0 aliphatic carbocycles. The van der Waals surface area contributed by atoms with Crippen molar-refractivity contribution < 1.29 is 14.2 Å². The van der Waals surface area contributed by atoms with E-state index in [1.54, 1.807) is 13.2 Å². The summed E-state index contributed by atoms with van der Waals surface area (Å²) in [4.78, 5) is 0. The van der Waals surface area contributed by atoms with E-state index in [4.69, 9.17) is 16.3 Å². The molecule has 0 aliphatic heterocycles. The highest BCUT2D eigenvalue weighted by Crippen LogP contribution is 2.29. The first-order valence-corrected chi connectivity index (χ1v) is 7.14. The van der Waals surface area contributed by atoms with Crippen LogP contribution < -0.4 is 4.74 Å². The van der Waals surface area contributed by atoms with Gasteiger partial charge in [0.25, 0.3) is 0 Å². The zero-order chi connectivity index (χ0) is 14.7. The molecule has 0 heterocycles. The first kappa shape index (κ1) is 15.3. The van der Waals surface area contributed by atoms with E-state index >= 15 is 0 Å². The molecular formula is C15H13BrClFO2. The number of rotatable bonds is 4. The first-order chi connectivity index (χ1) is 9.51. The third kappa shape index (κ3) is 3.51. The molecule has 20 heavy (non-hydrogen) atoms. The van der Waals surface area contributed by atoms with Gasteiger partial charge < -0.3 is 9.84 Å². The minimum atomic E-state index is -0.989. The summed E-state index contributed by atoms with van der Waals surface area (Å²) in [6, 6.07) is 9.61. The van der Waals surface area contributed by atoms with E-state index in [1.165, 1.54) is 18.2 Å². The van der Waals surface area contributed by atoms with E-state index in [1.807, 2.05) is 12.1 Å². The standard InChI is InChI=1S/C15H13BrClFO2/c1-20-15-5-2-10(16)6-9(15)7-14(19)12-8-11(17)3-4-13(12)18/h2-6,8,14,19H,7H2,1H3. The van der Waals surface area contributed by atoms with E-state index < -0.39 is 11.9 Å². The highest BCUT2D eigenvalue weighted by molar-refractivity contribution is 9.10. The predicted octanol–water partition coefficient (Wildman–Crippen LogP) is 4.53. The molecule has 1 unspecified atom stereocenters. The molecule has 2 rings (SSSR count). The third-order valence-electron chi connectivity index (χ3n) is 2.97. The molecule has 0 fully saturated rings. The summed E-state index contributed by atoms with van der Waals surface area (Å²) in [5, 5.41) is 10.6. The van der Waals surface area contributed by atoms with Crippen molar-refractivity contribution in [3.63, 3.8) is 0 Å². The molecule has 2 nitrogen and oxygen atoms in total. The molecule has 1 atom stereocenters. The number of hydrogen-bond acceptors (Lipinski definition) is 2. The van der Waals surface area contributed by atoms with Crippen LogP contribution in [0.1, 0.15) is 17.2 Å². The van der Waals surface area contributed by atoms with Crippen LogP contribution in [0.25, 0.3) is 0 Å². The summed E-state index contributed by atoms with van der Waals surface area (Å²) < 4.78 is 19.8. The highest BCUT2D eigenvalue weighted by Gasteiger charge is 2.16. The lowest BCUT2D eigenvalue weighted by Gasteiger charge is -2.15. The molecule has 106 valence electrons. The second-order valence-electron chi connectivity index (χ2n) is 4.34. The SMILES string of the molecule is COc1ccc(Br)cc1CC(O)c1cc(Cl)ccc1F. The van der Waals surface area contributed by atoms with Crippen molar-refractivity contribution in [1.82, 2.24) is 0 Å². The number of ether oxygens (including phenoxy) is 1. The van der Waals surface area contributed by atoms with Crippen LogP contribution in [0.15, 0.2) is 40.9 Å². The summed E-state index contributed by atoms with van der Waals surface area (Å²) in [6.07, 6.45) is -0.753. The molecule has 2 aromatic rings. The van der Waals surface area contributed by atoms with E-state index in [2.05, 4.69) is 15.9 Å². The Hall–Kier alpha value is -1.10. The molecule has 0 aliphatic rings. The number of hydrogen-bond donors (Lipinski definition) is 1. The van der Waals surface area contributed by atoms with Gasteiger partial charge in [-0.2, -0.15) is 0 Å². The summed E-state index contributed by atoms with van der Waals surface area (Å²) >= 11 is 9.20. The van der Waals surface area contributed by atoms with Crippen LogP contribution in [-0.4, -0.2) is 12.2 Å². The Kier molecular flexibility index (Phi) is 5.02. The monoisotopic (exact) mass is 358 g/mol. The minimum absolute atomic E-state index is 0.180. The summed E-state index contributed by atoms with van der Waals surface area (Å²) in [7, 11) is 1.55. The summed E-state index contributed by atoms with van der Waals surface area (Å²) in [5.74, 6) is 0.172. The lowest BCUT2D eigenvalue weighted by atomic mass is 10.0. The number of benzene rings is 2. The van der Waals surface area contributed by atoms with E-state index in [0.29, 0.717) is 10.8 Å². The van der Waals surface area contributed by atoms with E-state index in [9.17, 15) is 9.50 Å². The molecular weight excluding hydrogens is 347 g/mol. The number of methoxy groups -OCH3 is 1. The normalized spacial score (nSPS) is 12.2. The molecule has 5 heteroatoms. The van der Waals surface area contributed by atoms with Gasteiger partial charge in [-0.05, 0) is 42.0 Å². The number of aliphatic hydroxyl groups excluding tert-OH is 1. The van der Waals surface area contributed by atoms with Gasteiger partial charge >= 0.3 is 0 Å². The van der Waals surface area contributed by atoms with Gasteiger partial charge in [0.1, 0.15) is 11.6 Å². The average Bonchev–Trinajstić information content (AvgIpc) is 2.41. The second kappa shape index (κ2) is 6.57. The molecule has 0 aromatic heterocycles. The van der Waals surface area contributed by atoms with Crippen LogP contribution in [0.4, 0.5) is 4.39 Å². The minimum Gasteiger partial charge on any atom is -0.496 e. The molecule has 1 N–H and O–H groups in total. The van der Waals surface area contributed by atoms with Crippen LogP contribution in [0, 0.1) is 5.82 Å². The van der Waals surface area contributed by atoms with Crippen LogP contribution in [-0.2, 0) is 6.42 Å². The zero-order valence-corrected chi connectivity index (χ0v) is 13.1. The largest absolute Gasteiger partial charge is 0.496 e. The molecule has 0 bridgehead atoms. The van der Waals surface area contributed by atoms with Crippen molar-refractivity contribution in [3.05, 3.63) is 62.8 Å². The predicted molar refractivity (Wildman–Crippen MR) is 80.8 cm³/mol. The fourth-order valence-electron chi connectivity index (χ4n) is 1.99. The molecule has 0 radical (unpaired) electrons. The Morgan fingerprint density at radius 3 is 2.75 bits per heavy atom. The van der Waals surface area contributed by atoms with Gasteiger partial charge in [-0.3, -0.25) is 0 Å². The number of halogens is 3. The lowest BCUT2D eigenvalue weighted by Crippen LogP contribution is -2.05. The molecule has 0 saturated carbocycles. The molecule has 0 amide bonds. The van der Waals surface area contributed by atoms with Crippen molar-refractivity contribution in [1.29, 1.82) is 0 Å². The average molecular weight is 360 g/mol. The quantitative estimate of drug-likeness (QED) is 0.869. The van der Waals surface area contributed by atoms with Crippen molar-refractivity contribution in [3.8, 4) is 5.75 Å². The Morgan fingerprint density at radius 1 is 1.30 bits per heavy atom. The maximum absolute atomic E-state index is 13.7. The Labute approximate surface area is 130 Å². The zero-order valence-electron chi connectivity index (χ0n) is 10.7. The van der Waals surface area contributed by atoms with Crippen LogP contribution >= 0.6 is 27.5 Å². The van der Waals surface area contributed by atoms with Gasteiger partial charge in [-0.1, -0.05) is 27.5 Å². The summed E-state index contributed by atoms with van der Waals surface area (Å²) in [6.45, 7) is 0. The van der Waals surface area contributed by atoms with Crippen molar-refractivity contribution >= 4 is 27.5 Å². The van der Waals surface area contributed by atoms with Crippen molar-refractivity contribution in [2.75, 3.05) is 7.11 Å². The topological polar surface area (TPSA) is 29.5 Å². The Morgan fingerprint density at radius 2 is 2.05 bits per heavy atom. The lowest BCUT2D eigenvalue weighted by molar-refractivity contribution is 0.172. The van der Waals surface area contributed by atoms with Crippen LogP contribution in [0.5, 0.6) is 5.75 Å². The van der Waals surface area contributed by atoms with Gasteiger partial charge in [0.05, 0.1) is 13.2 Å². The maximum atomic E-state index is 13.7. The maximum Gasteiger partial charge on any atom is 0.129 e. The summed E-state index contributed by atoms with van der Waals surface area (Å²) in [5.41, 5.74) is 0.966. The molecule has 2 aromatic carbocycles. The third-order valence-corrected chi connectivity index (χ3v) is 3.70. The fraction of sp³-hybridized carbons (Fsp3) is 0.200. The smallest absolute Gasteiger partial charge is 0.129 e. The van der Waals surface area contributed by atoms with Gasteiger partial charge in [0.2, 0.25) is 0 Å². The molecule has 0 saturated heterocycles. The van der Waals surface area contributed by atoms with Crippen molar-refractivity contribution in [2.24, 2.45) is 0 Å². The van der Waals surface area contributed by atoms with Gasteiger partial charge in [0.15, 0.2) is 0 Å². The van der Waals surface area contributed by atoms with Crippen molar-refractivity contribution in [2.45, 2.75) is 12.5 Å². The van der Waals surface area contributed by atoms with Crippen LogP contribution in [0.2, 0.25) is 5.02 Å². The van der Waals surface area contributed by atoms with Gasteiger partial charge in [-0.25, -0.2) is 4.39 Å². The highest BCUT2D eigenvalue weighted by atomic mass is 79.9. The first-order valence-electron chi connectivity index (χ1n) is 5.96. The van der Waals surface area contributed by atoms with Gasteiger partial charge in [0, 0.05) is 21.5 Å². The van der Waals surface area contributed by atoms with E-state index in [0.717, 1.165) is 10.0 Å². The Bertz CT molecular complexity index is 619. The van der Waals surface area contributed by atoms with Gasteiger partial charge in [-0.15, -0.1) is 0 Å². The second-order valence-corrected chi connectivity index (χ2v) is 5.69. The Balaban J connectivity index is 2.29.